The molecule has 7 heteroatoms. The van der Waals surface area contributed by atoms with E-state index in [-0.39, 0.29) is 11.5 Å². The molecule has 0 aliphatic carbocycles. The number of nitrogens with zero attached hydrogens (tertiary/aromatic N) is 2. The average molecular weight is 360 g/mol. The number of para-hydroxylation sites is 1. The van der Waals surface area contributed by atoms with Crippen molar-refractivity contribution in [2.45, 2.75) is 20.2 Å². The Balaban J connectivity index is 2.05. The van der Waals surface area contributed by atoms with E-state index >= 15 is 0 Å². The maximum Gasteiger partial charge on any atom is 0.573 e. The maximum atomic E-state index is 12.6. The lowest BCUT2D eigenvalue weighted by atomic mass is 10.0. The van der Waals surface area contributed by atoms with Crippen LogP contribution in [-0.4, -0.2) is 21.9 Å². The van der Waals surface area contributed by atoms with Crippen molar-refractivity contribution in [2.24, 2.45) is 0 Å². The van der Waals surface area contributed by atoms with E-state index in [2.05, 4.69) is 9.84 Å². The van der Waals surface area contributed by atoms with Crippen molar-refractivity contribution < 1.29 is 22.7 Å². The number of carbonyl (C=O) groups is 1. The Morgan fingerprint density at radius 2 is 1.81 bits per heavy atom. The molecule has 0 aliphatic rings. The van der Waals surface area contributed by atoms with Crippen molar-refractivity contribution >= 4 is 5.78 Å². The third-order valence-corrected chi connectivity index (χ3v) is 3.76. The molecule has 1 aromatic heterocycles. The van der Waals surface area contributed by atoms with Crippen LogP contribution < -0.4 is 4.74 Å². The Hall–Kier alpha value is -3.09. The molecule has 0 fully saturated rings. The lowest BCUT2D eigenvalue weighted by Crippen LogP contribution is -2.17. The number of ketones is 1. The zero-order valence-electron chi connectivity index (χ0n) is 14.0. The number of aryl methyl sites for hydroxylation is 1. The normalized spacial score (nSPS) is 11.4. The summed E-state index contributed by atoms with van der Waals surface area (Å²) >= 11 is 0. The zero-order valence-corrected chi connectivity index (χ0v) is 14.0. The fraction of sp³-hybridized carbons (Fsp3) is 0.158. The number of rotatable bonds is 4. The number of ether oxygens (including phenoxy) is 1. The molecule has 0 saturated carbocycles. The molecule has 0 aliphatic heterocycles. The summed E-state index contributed by atoms with van der Waals surface area (Å²) in [4.78, 5) is 11.5. The zero-order chi connectivity index (χ0) is 18.9. The molecule has 1 heterocycles. The minimum atomic E-state index is -4.78. The highest BCUT2D eigenvalue weighted by Gasteiger charge is 2.32. The Labute approximate surface area is 147 Å². The van der Waals surface area contributed by atoms with E-state index in [1.54, 1.807) is 54.1 Å². The second-order valence-corrected chi connectivity index (χ2v) is 5.73. The quantitative estimate of drug-likeness (QED) is 0.619. The van der Waals surface area contributed by atoms with E-state index in [4.69, 9.17) is 0 Å². The van der Waals surface area contributed by atoms with Gasteiger partial charge in [-0.2, -0.15) is 5.10 Å². The molecule has 26 heavy (non-hydrogen) atoms. The number of Topliss-reactive ketones (excluding diaryl/α,β-unsaturated/α-hetero) is 1. The first-order valence-corrected chi connectivity index (χ1v) is 7.78. The van der Waals surface area contributed by atoms with Crippen LogP contribution in [0.5, 0.6) is 5.75 Å². The van der Waals surface area contributed by atoms with Crippen LogP contribution in [0.4, 0.5) is 13.2 Å². The SMILES string of the molecule is CC(=O)c1cc(C)n(-c2cccc(-c3ccccc3OC(F)(F)F)c2)n1. The van der Waals surface area contributed by atoms with Crippen molar-refractivity contribution in [2.75, 3.05) is 0 Å². The highest BCUT2D eigenvalue weighted by atomic mass is 19.4. The molecule has 134 valence electrons. The highest BCUT2D eigenvalue weighted by molar-refractivity contribution is 5.92. The third-order valence-electron chi connectivity index (χ3n) is 3.76. The minimum Gasteiger partial charge on any atom is -0.405 e. The summed E-state index contributed by atoms with van der Waals surface area (Å²) in [5, 5.41) is 4.25. The van der Waals surface area contributed by atoms with Gasteiger partial charge in [0, 0.05) is 18.2 Å². The fourth-order valence-electron chi connectivity index (χ4n) is 2.63. The summed E-state index contributed by atoms with van der Waals surface area (Å²) in [5.41, 5.74) is 2.56. The number of carbonyl (C=O) groups excluding carboxylic acids is 1. The van der Waals surface area contributed by atoms with Gasteiger partial charge in [0.05, 0.1) is 5.69 Å². The number of aromatic nitrogens is 2. The van der Waals surface area contributed by atoms with Crippen molar-refractivity contribution in [3.05, 3.63) is 66.0 Å². The van der Waals surface area contributed by atoms with Gasteiger partial charge in [-0.1, -0.05) is 30.3 Å². The Morgan fingerprint density at radius 3 is 2.46 bits per heavy atom. The molecule has 0 spiro atoms. The van der Waals surface area contributed by atoms with Crippen molar-refractivity contribution in [1.29, 1.82) is 0 Å². The first-order chi connectivity index (χ1) is 12.2. The van der Waals surface area contributed by atoms with E-state index in [9.17, 15) is 18.0 Å². The first-order valence-electron chi connectivity index (χ1n) is 7.78. The molecular weight excluding hydrogens is 345 g/mol. The molecule has 3 rings (SSSR count). The van der Waals surface area contributed by atoms with Gasteiger partial charge < -0.3 is 4.74 Å². The van der Waals surface area contributed by atoms with Crippen LogP contribution in [0.15, 0.2) is 54.6 Å². The summed E-state index contributed by atoms with van der Waals surface area (Å²) in [5.74, 6) is -0.439. The maximum absolute atomic E-state index is 12.6. The summed E-state index contributed by atoms with van der Waals surface area (Å²) in [6.07, 6.45) is -4.78. The van der Waals surface area contributed by atoms with Gasteiger partial charge in [0.1, 0.15) is 11.4 Å². The Kier molecular flexibility index (Phi) is 4.54. The van der Waals surface area contributed by atoms with Crippen LogP contribution in [-0.2, 0) is 0 Å². The van der Waals surface area contributed by atoms with Crippen LogP contribution in [0.1, 0.15) is 23.1 Å². The molecule has 0 atom stereocenters. The molecule has 0 saturated heterocycles. The molecule has 3 aromatic rings. The monoisotopic (exact) mass is 360 g/mol. The summed E-state index contributed by atoms with van der Waals surface area (Å²) in [7, 11) is 0. The van der Waals surface area contributed by atoms with Gasteiger partial charge in [0.25, 0.3) is 0 Å². The lowest BCUT2D eigenvalue weighted by Gasteiger charge is -2.14. The highest BCUT2D eigenvalue weighted by Crippen LogP contribution is 2.34. The second kappa shape index (κ2) is 6.67. The van der Waals surface area contributed by atoms with Crippen LogP contribution in [0.3, 0.4) is 0 Å². The summed E-state index contributed by atoms with van der Waals surface area (Å²) in [6.45, 7) is 3.22. The molecule has 0 unspecified atom stereocenters. The molecule has 2 aromatic carbocycles. The second-order valence-electron chi connectivity index (χ2n) is 5.73. The standard InChI is InChI=1S/C19H15F3N2O2/c1-12-10-17(13(2)25)23-24(12)15-7-5-6-14(11-15)16-8-3-4-9-18(16)26-19(20,21)22/h3-11H,1-2H3. The predicted octanol–water partition coefficient (Wildman–Crippen LogP) is 4.95. The van der Waals surface area contributed by atoms with E-state index in [1.807, 2.05) is 0 Å². The largest absolute Gasteiger partial charge is 0.573 e. The van der Waals surface area contributed by atoms with Gasteiger partial charge in [0.2, 0.25) is 0 Å². The van der Waals surface area contributed by atoms with Gasteiger partial charge in [0.15, 0.2) is 5.78 Å². The van der Waals surface area contributed by atoms with E-state index in [0.29, 0.717) is 22.5 Å². The van der Waals surface area contributed by atoms with Crippen LogP contribution in [0.2, 0.25) is 0 Å². The van der Waals surface area contributed by atoms with E-state index in [0.717, 1.165) is 5.69 Å². The van der Waals surface area contributed by atoms with Gasteiger partial charge >= 0.3 is 6.36 Å². The lowest BCUT2D eigenvalue weighted by molar-refractivity contribution is -0.274. The number of alkyl halides is 3. The van der Waals surface area contributed by atoms with Crippen molar-refractivity contribution in [3.8, 4) is 22.6 Å². The van der Waals surface area contributed by atoms with Gasteiger partial charge in [-0.3, -0.25) is 4.79 Å². The van der Waals surface area contributed by atoms with Gasteiger partial charge in [-0.05, 0) is 36.8 Å². The smallest absolute Gasteiger partial charge is 0.405 e. The molecule has 0 amide bonds. The van der Waals surface area contributed by atoms with Crippen molar-refractivity contribution in [3.63, 3.8) is 0 Å². The number of halogens is 3. The third kappa shape index (κ3) is 3.77. The Morgan fingerprint density at radius 1 is 1.08 bits per heavy atom. The predicted molar refractivity (Wildman–Crippen MR) is 90.4 cm³/mol. The van der Waals surface area contributed by atoms with Crippen LogP contribution in [0, 0.1) is 6.92 Å². The molecule has 4 nitrogen and oxygen atoms in total. The summed E-state index contributed by atoms with van der Waals surface area (Å²) in [6, 6.07) is 14.5. The molecule has 0 bridgehead atoms. The van der Waals surface area contributed by atoms with Crippen LogP contribution >= 0.6 is 0 Å². The Bertz CT molecular complexity index is 961. The molecule has 0 N–H and O–H groups in total. The minimum absolute atomic E-state index is 0.160. The summed E-state index contributed by atoms with van der Waals surface area (Å²) < 4.78 is 43.6. The van der Waals surface area contributed by atoms with Crippen molar-refractivity contribution in [1.82, 2.24) is 9.78 Å². The van der Waals surface area contributed by atoms with E-state index < -0.39 is 6.36 Å². The van der Waals surface area contributed by atoms with E-state index in [1.165, 1.54) is 19.1 Å². The number of hydrogen-bond acceptors (Lipinski definition) is 3. The molecule has 0 radical (unpaired) electrons. The van der Waals surface area contributed by atoms with Gasteiger partial charge in [-0.25, -0.2) is 4.68 Å². The number of benzene rings is 2. The first kappa shape index (κ1) is 17.7. The fourth-order valence-corrected chi connectivity index (χ4v) is 2.63. The van der Waals surface area contributed by atoms with Crippen LogP contribution in [0.25, 0.3) is 16.8 Å². The average Bonchev–Trinajstić information content (AvgIpc) is 2.96. The number of hydrogen-bond donors (Lipinski definition) is 0. The topological polar surface area (TPSA) is 44.1 Å². The van der Waals surface area contributed by atoms with Gasteiger partial charge in [-0.15, -0.1) is 13.2 Å². The molecular formula is C19H15F3N2O2.